The summed E-state index contributed by atoms with van der Waals surface area (Å²) in [5.74, 6) is -2.28. The lowest BCUT2D eigenvalue weighted by Crippen LogP contribution is -2.47. The summed E-state index contributed by atoms with van der Waals surface area (Å²) in [6, 6.07) is 0. The van der Waals surface area contributed by atoms with Gasteiger partial charge in [-0.1, -0.05) is 6.08 Å². The van der Waals surface area contributed by atoms with E-state index in [4.69, 9.17) is 23.7 Å². The van der Waals surface area contributed by atoms with Gasteiger partial charge in [0.1, 0.15) is 24.6 Å². The molecule has 0 radical (unpaired) electrons. The molecule has 4 aliphatic heterocycles. The van der Waals surface area contributed by atoms with E-state index in [1.807, 2.05) is 0 Å². The summed E-state index contributed by atoms with van der Waals surface area (Å²) in [5, 5.41) is 0. The molecule has 0 aromatic heterocycles. The molecular formula is C22H24O9. The Morgan fingerprint density at radius 2 is 2.03 bits per heavy atom. The molecule has 0 aromatic rings. The van der Waals surface area contributed by atoms with Gasteiger partial charge in [-0.25, -0.2) is 9.59 Å². The molecule has 2 fully saturated rings. The summed E-state index contributed by atoms with van der Waals surface area (Å²) in [4.78, 5) is 49.3. The molecule has 2 saturated heterocycles. The summed E-state index contributed by atoms with van der Waals surface area (Å²) < 4.78 is 27.7. The Kier molecular flexibility index (Phi) is 5.04. The number of rotatable bonds is 4. The number of hydrogen-bond donors (Lipinski definition) is 0. The van der Waals surface area contributed by atoms with Gasteiger partial charge in [-0.3, -0.25) is 9.59 Å². The molecule has 9 nitrogen and oxygen atoms in total. The molecule has 2 bridgehead atoms. The van der Waals surface area contributed by atoms with Crippen molar-refractivity contribution in [1.29, 1.82) is 0 Å². The van der Waals surface area contributed by atoms with Crippen molar-refractivity contribution >= 4 is 23.7 Å². The number of hydrogen-bond acceptors (Lipinski definition) is 9. The highest BCUT2D eigenvalue weighted by Gasteiger charge is 2.70. The second-order valence-electron chi connectivity index (χ2n) is 8.37. The molecule has 4 rings (SSSR count). The van der Waals surface area contributed by atoms with Gasteiger partial charge in [0.05, 0.1) is 18.1 Å². The van der Waals surface area contributed by atoms with Gasteiger partial charge in [0.25, 0.3) is 0 Å². The van der Waals surface area contributed by atoms with Crippen molar-refractivity contribution < 1.29 is 42.9 Å². The highest BCUT2D eigenvalue weighted by molar-refractivity contribution is 6.00. The standard InChI is InChI=1S/C22H24O9/c1-5-13(9-27-12(3)23)19(25)29-16-8-21(4)17(24)7-14(31-21)11(2)6-15-18(16)22(10-28-22)20(26)30-15/h5-7,15-16,18H,8-10H2,1-4H3/b11-6-,13-5+/t15-,16-,18+,21-,22+/m1/s1. The number of esters is 3. The Labute approximate surface area is 179 Å². The highest BCUT2D eigenvalue weighted by atomic mass is 16.7. The number of ketones is 1. The Morgan fingerprint density at radius 1 is 1.32 bits per heavy atom. The third-order valence-corrected chi connectivity index (χ3v) is 6.15. The van der Waals surface area contributed by atoms with Gasteiger partial charge in [0.15, 0.2) is 11.2 Å². The summed E-state index contributed by atoms with van der Waals surface area (Å²) in [7, 11) is 0. The topological polar surface area (TPSA) is 118 Å². The van der Waals surface area contributed by atoms with Gasteiger partial charge in [-0.2, -0.15) is 0 Å². The first kappa shape index (κ1) is 21.3. The molecule has 9 heteroatoms. The highest BCUT2D eigenvalue weighted by Crippen LogP contribution is 2.51. The van der Waals surface area contributed by atoms with Crippen LogP contribution in [0, 0.1) is 5.92 Å². The minimum Gasteiger partial charge on any atom is -0.479 e. The van der Waals surface area contributed by atoms with Gasteiger partial charge in [-0.05, 0) is 32.4 Å². The van der Waals surface area contributed by atoms with Crippen LogP contribution in [0.2, 0.25) is 0 Å². The summed E-state index contributed by atoms with van der Waals surface area (Å²) in [6.45, 7) is 6.14. The van der Waals surface area contributed by atoms with Gasteiger partial charge < -0.3 is 23.7 Å². The number of allylic oxidation sites excluding steroid dienone is 2. The molecule has 5 atom stereocenters. The van der Waals surface area contributed by atoms with E-state index in [0.29, 0.717) is 11.3 Å². The third kappa shape index (κ3) is 3.56. The number of ether oxygens (including phenoxy) is 5. The predicted molar refractivity (Wildman–Crippen MR) is 103 cm³/mol. The second-order valence-corrected chi connectivity index (χ2v) is 8.37. The average molecular weight is 432 g/mol. The van der Waals surface area contributed by atoms with Crippen LogP contribution in [0.5, 0.6) is 0 Å². The average Bonchev–Trinajstić information content (AvgIpc) is 3.35. The summed E-state index contributed by atoms with van der Waals surface area (Å²) >= 11 is 0. The van der Waals surface area contributed by atoms with Crippen molar-refractivity contribution in [2.75, 3.05) is 13.2 Å². The van der Waals surface area contributed by atoms with Crippen LogP contribution in [-0.2, 0) is 42.9 Å². The zero-order chi connectivity index (χ0) is 22.6. The van der Waals surface area contributed by atoms with Crippen LogP contribution in [0.25, 0.3) is 0 Å². The second kappa shape index (κ2) is 7.33. The van der Waals surface area contributed by atoms with E-state index in [0.717, 1.165) is 0 Å². The smallest absolute Gasteiger partial charge is 0.342 e. The van der Waals surface area contributed by atoms with E-state index in [2.05, 4.69) is 0 Å². The van der Waals surface area contributed by atoms with Crippen LogP contribution >= 0.6 is 0 Å². The number of epoxide rings is 1. The first-order valence-corrected chi connectivity index (χ1v) is 10.1. The van der Waals surface area contributed by atoms with E-state index >= 15 is 0 Å². The van der Waals surface area contributed by atoms with E-state index in [-0.39, 0.29) is 31.0 Å². The minimum absolute atomic E-state index is 0.00612. The van der Waals surface area contributed by atoms with Gasteiger partial charge in [0.2, 0.25) is 5.78 Å². The van der Waals surface area contributed by atoms with Crippen molar-refractivity contribution in [3.63, 3.8) is 0 Å². The molecule has 0 aliphatic carbocycles. The SMILES string of the molecule is C/C=C(\COC(C)=O)C(=O)O[C@@H]1C[C@@]2(C)OC(=CC2=O)/C(C)=C\[C@H]2OC(=O)[C@]3(CO3)[C@@H]21. The fourth-order valence-corrected chi connectivity index (χ4v) is 4.27. The fourth-order valence-electron chi connectivity index (χ4n) is 4.27. The normalized spacial score (nSPS) is 37.9. The van der Waals surface area contributed by atoms with Crippen LogP contribution in [0.3, 0.4) is 0 Å². The summed E-state index contributed by atoms with van der Waals surface area (Å²) in [6.07, 6.45) is 2.96. The molecule has 4 aliphatic rings. The lowest BCUT2D eigenvalue weighted by Gasteiger charge is -2.32. The number of carbonyl (C=O) groups excluding carboxylic acids is 4. The molecule has 0 unspecified atom stereocenters. The zero-order valence-electron chi connectivity index (χ0n) is 17.8. The number of fused-ring (bicyclic) bond motifs is 4. The van der Waals surface area contributed by atoms with E-state index in [1.54, 1.807) is 26.8 Å². The molecule has 4 heterocycles. The minimum atomic E-state index is -1.27. The summed E-state index contributed by atoms with van der Waals surface area (Å²) in [5.41, 5.74) is -1.70. The zero-order valence-corrected chi connectivity index (χ0v) is 17.8. The van der Waals surface area contributed by atoms with Crippen molar-refractivity contribution in [1.82, 2.24) is 0 Å². The van der Waals surface area contributed by atoms with Crippen LogP contribution < -0.4 is 0 Å². The van der Waals surface area contributed by atoms with Gasteiger partial charge in [-0.15, -0.1) is 0 Å². The largest absolute Gasteiger partial charge is 0.479 e. The van der Waals surface area contributed by atoms with E-state index in [9.17, 15) is 19.2 Å². The van der Waals surface area contributed by atoms with Crippen LogP contribution in [0.4, 0.5) is 0 Å². The first-order valence-electron chi connectivity index (χ1n) is 10.1. The monoisotopic (exact) mass is 432 g/mol. The van der Waals surface area contributed by atoms with E-state index < -0.39 is 47.2 Å². The molecule has 0 saturated carbocycles. The maximum atomic E-state index is 12.9. The molecule has 31 heavy (non-hydrogen) atoms. The van der Waals surface area contributed by atoms with Crippen molar-refractivity contribution in [3.8, 4) is 0 Å². The lowest BCUT2D eigenvalue weighted by molar-refractivity contribution is -0.156. The Bertz CT molecular complexity index is 952. The van der Waals surface area contributed by atoms with Crippen LogP contribution in [0.15, 0.2) is 35.1 Å². The van der Waals surface area contributed by atoms with Crippen LogP contribution in [-0.4, -0.2) is 60.3 Å². The molecule has 0 amide bonds. The maximum Gasteiger partial charge on any atom is 0.342 e. The lowest BCUT2D eigenvalue weighted by atomic mass is 9.79. The first-order chi connectivity index (χ1) is 14.6. The van der Waals surface area contributed by atoms with E-state index in [1.165, 1.54) is 19.1 Å². The predicted octanol–water partition coefficient (Wildman–Crippen LogP) is 1.31. The van der Waals surface area contributed by atoms with Crippen molar-refractivity contribution in [3.05, 3.63) is 35.1 Å². The fraction of sp³-hybridized carbons (Fsp3) is 0.545. The molecule has 166 valence electrons. The van der Waals surface area contributed by atoms with Gasteiger partial charge >= 0.3 is 17.9 Å². The quantitative estimate of drug-likeness (QED) is 0.280. The number of carbonyl (C=O) groups is 4. The van der Waals surface area contributed by atoms with Crippen molar-refractivity contribution in [2.24, 2.45) is 5.92 Å². The molecule has 0 N–H and O–H groups in total. The van der Waals surface area contributed by atoms with Crippen LogP contribution in [0.1, 0.15) is 34.1 Å². The van der Waals surface area contributed by atoms with Gasteiger partial charge in [0, 0.05) is 19.4 Å². The third-order valence-electron chi connectivity index (χ3n) is 6.15. The Hall–Kier alpha value is -2.94. The Balaban J connectivity index is 1.69. The maximum absolute atomic E-state index is 12.9. The Morgan fingerprint density at radius 3 is 2.65 bits per heavy atom. The molecule has 1 spiro atoms. The molecular weight excluding hydrogens is 408 g/mol. The molecule has 0 aromatic carbocycles. The van der Waals surface area contributed by atoms with Crippen molar-refractivity contribution in [2.45, 2.75) is 57.5 Å².